The number of aryl methyl sites for hydroxylation is 2. The summed E-state index contributed by atoms with van der Waals surface area (Å²) in [5.41, 5.74) is 2.06. The summed E-state index contributed by atoms with van der Waals surface area (Å²) >= 11 is 1.58. The Morgan fingerprint density at radius 3 is 2.58 bits per heavy atom. The highest BCUT2D eigenvalue weighted by Gasteiger charge is 2.43. The van der Waals surface area contributed by atoms with Crippen LogP contribution in [0.25, 0.3) is 32.9 Å². The third-order valence-corrected chi connectivity index (χ3v) is 10.6. The number of piperazine rings is 1. The van der Waals surface area contributed by atoms with Gasteiger partial charge in [-0.15, -0.1) is 11.8 Å². The maximum absolute atomic E-state index is 15.9. The standard InChI is InChI=1S/C31H32F2N6O3S/c1-6-23(40)37-10-18(4)38(11-17(37)3)29-19-7-16(2)24(25-22(33)8-21(32)20-9-34-36(5)26(20)25)28-27(19)39(30(41)35-29)12-31(15-43-28)13-42-14-31/h6-9,17-18H,1,10-15H2,2-5H3/t17-,18+/m1/s1. The van der Waals surface area contributed by atoms with Gasteiger partial charge in [-0.1, -0.05) is 6.58 Å². The molecule has 2 aromatic heterocycles. The smallest absolute Gasteiger partial charge is 0.350 e. The molecule has 2 saturated heterocycles. The quantitative estimate of drug-likeness (QED) is 0.322. The first-order chi connectivity index (χ1) is 20.5. The summed E-state index contributed by atoms with van der Waals surface area (Å²) in [5.74, 6) is -0.279. The van der Waals surface area contributed by atoms with Crippen LogP contribution >= 0.6 is 11.8 Å². The van der Waals surface area contributed by atoms with E-state index in [-0.39, 0.29) is 40.0 Å². The van der Waals surface area contributed by atoms with Crippen molar-refractivity contribution in [1.29, 1.82) is 0 Å². The molecule has 43 heavy (non-hydrogen) atoms. The molecule has 5 heterocycles. The molecule has 2 fully saturated rings. The predicted molar refractivity (Wildman–Crippen MR) is 163 cm³/mol. The number of hydrogen-bond acceptors (Lipinski definition) is 7. The minimum atomic E-state index is -0.688. The maximum atomic E-state index is 15.9. The van der Waals surface area contributed by atoms with Crippen LogP contribution in [0.4, 0.5) is 14.6 Å². The predicted octanol–water partition coefficient (Wildman–Crippen LogP) is 4.27. The van der Waals surface area contributed by atoms with Crippen molar-refractivity contribution in [2.45, 2.75) is 44.3 Å². The Morgan fingerprint density at radius 1 is 1.12 bits per heavy atom. The van der Waals surface area contributed by atoms with Crippen molar-refractivity contribution in [3.63, 3.8) is 0 Å². The van der Waals surface area contributed by atoms with E-state index in [0.29, 0.717) is 61.0 Å². The van der Waals surface area contributed by atoms with Gasteiger partial charge in [0.25, 0.3) is 0 Å². The van der Waals surface area contributed by atoms with E-state index in [0.717, 1.165) is 21.9 Å². The average Bonchev–Trinajstić information content (AvgIpc) is 3.23. The van der Waals surface area contributed by atoms with E-state index in [2.05, 4.69) is 21.6 Å². The molecule has 0 radical (unpaired) electrons. The van der Waals surface area contributed by atoms with Crippen molar-refractivity contribution < 1.29 is 18.3 Å². The summed E-state index contributed by atoms with van der Waals surface area (Å²) in [7, 11) is 1.67. The van der Waals surface area contributed by atoms with Crippen LogP contribution in [-0.2, 0) is 23.1 Å². The normalized spacial score (nSPS) is 21.3. The number of benzene rings is 2. The van der Waals surface area contributed by atoms with Gasteiger partial charge in [0.05, 0.1) is 35.8 Å². The Labute approximate surface area is 251 Å². The molecule has 3 aliphatic heterocycles. The lowest BCUT2D eigenvalue weighted by atomic mass is 9.88. The second-order valence-electron chi connectivity index (χ2n) is 12.2. The van der Waals surface area contributed by atoms with Crippen LogP contribution in [0, 0.1) is 24.0 Å². The van der Waals surface area contributed by atoms with Gasteiger partial charge in [0.2, 0.25) is 5.91 Å². The number of nitrogens with zero attached hydrogens (tertiary/aromatic N) is 6. The fourth-order valence-corrected chi connectivity index (χ4v) is 8.35. The van der Waals surface area contributed by atoms with Crippen molar-refractivity contribution in [2.75, 3.05) is 37.0 Å². The number of ether oxygens (including phenoxy) is 1. The molecule has 7 rings (SSSR count). The van der Waals surface area contributed by atoms with E-state index >= 15 is 4.39 Å². The minimum Gasteiger partial charge on any atom is -0.380 e. The van der Waals surface area contributed by atoms with E-state index in [1.807, 2.05) is 26.8 Å². The highest BCUT2D eigenvalue weighted by atomic mass is 32.2. The number of thioether (sulfide) groups is 1. The molecular weight excluding hydrogens is 574 g/mol. The Kier molecular flexibility index (Phi) is 6.44. The minimum absolute atomic E-state index is 0.123. The largest absolute Gasteiger partial charge is 0.380 e. The van der Waals surface area contributed by atoms with Gasteiger partial charge in [0, 0.05) is 77.4 Å². The summed E-state index contributed by atoms with van der Waals surface area (Å²) in [6.07, 6.45) is 2.73. The fraction of sp³-hybridized carbons (Fsp3) is 0.419. The third-order valence-electron chi connectivity index (χ3n) is 9.12. The van der Waals surface area contributed by atoms with Crippen molar-refractivity contribution in [1.82, 2.24) is 24.2 Å². The molecule has 0 aliphatic carbocycles. The van der Waals surface area contributed by atoms with Gasteiger partial charge in [-0.25, -0.2) is 13.6 Å². The molecule has 4 aromatic rings. The highest BCUT2D eigenvalue weighted by molar-refractivity contribution is 7.99. The molecule has 3 aliphatic rings. The molecule has 2 atom stereocenters. The summed E-state index contributed by atoms with van der Waals surface area (Å²) in [5, 5.41) is 5.25. The van der Waals surface area contributed by atoms with E-state index in [4.69, 9.17) is 4.74 Å². The first-order valence-corrected chi connectivity index (χ1v) is 15.3. The number of fused-ring (bicyclic) bond motifs is 1. The van der Waals surface area contributed by atoms with Gasteiger partial charge < -0.3 is 14.5 Å². The molecule has 12 heteroatoms. The Hall–Kier alpha value is -3.77. The van der Waals surface area contributed by atoms with Gasteiger partial charge >= 0.3 is 5.69 Å². The summed E-state index contributed by atoms with van der Waals surface area (Å²) in [6, 6.07) is 2.62. The Bertz CT molecular complexity index is 1920. The zero-order valence-corrected chi connectivity index (χ0v) is 25.3. The molecule has 0 N–H and O–H groups in total. The number of hydrogen-bond donors (Lipinski definition) is 0. The first kappa shape index (κ1) is 28.0. The zero-order chi connectivity index (χ0) is 30.4. The van der Waals surface area contributed by atoms with Crippen LogP contribution < -0.4 is 10.6 Å². The number of carbonyl (C=O) groups excluding carboxylic acids is 1. The second kappa shape index (κ2) is 9.88. The van der Waals surface area contributed by atoms with Gasteiger partial charge in [0.1, 0.15) is 17.5 Å². The molecule has 224 valence electrons. The van der Waals surface area contributed by atoms with Crippen LogP contribution in [0.1, 0.15) is 19.4 Å². The monoisotopic (exact) mass is 606 g/mol. The summed E-state index contributed by atoms with van der Waals surface area (Å²) in [6.45, 7) is 11.9. The van der Waals surface area contributed by atoms with Crippen LogP contribution in [0.3, 0.4) is 0 Å². The van der Waals surface area contributed by atoms with Gasteiger partial charge in [-0.05, 0) is 38.5 Å². The lowest BCUT2D eigenvalue weighted by Gasteiger charge is -2.44. The number of anilines is 1. The van der Waals surface area contributed by atoms with E-state index in [1.165, 1.54) is 17.0 Å². The van der Waals surface area contributed by atoms with Crippen molar-refractivity contribution >= 4 is 45.3 Å². The molecule has 1 spiro atoms. The van der Waals surface area contributed by atoms with Crippen LogP contribution in [0.5, 0.6) is 0 Å². The lowest BCUT2D eigenvalue weighted by molar-refractivity contribution is -0.128. The number of carbonyl (C=O) groups is 1. The Morgan fingerprint density at radius 2 is 1.88 bits per heavy atom. The van der Waals surface area contributed by atoms with E-state index < -0.39 is 11.6 Å². The number of rotatable bonds is 3. The SMILES string of the molecule is C=CC(=O)N1C[C@H](C)N(c2nc(=O)n3c4c(c(-c5c(F)cc(F)c6cnn(C)c56)c(C)cc24)SCC2(COC2)C3)C[C@H]1C. The van der Waals surface area contributed by atoms with Crippen LogP contribution in [0.15, 0.2) is 40.7 Å². The van der Waals surface area contributed by atoms with Gasteiger partial charge in [0.15, 0.2) is 0 Å². The molecule has 0 bridgehead atoms. The van der Waals surface area contributed by atoms with Crippen LogP contribution in [-0.4, -0.2) is 74.3 Å². The van der Waals surface area contributed by atoms with Crippen molar-refractivity contribution in [2.24, 2.45) is 12.5 Å². The van der Waals surface area contributed by atoms with Crippen molar-refractivity contribution in [3.8, 4) is 11.1 Å². The molecule has 9 nitrogen and oxygen atoms in total. The zero-order valence-electron chi connectivity index (χ0n) is 24.5. The molecule has 2 aromatic carbocycles. The lowest BCUT2D eigenvalue weighted by Crippen LogP contribution is -2.58. The highest BCUT2D eigenvalue weighted by Crippen LogP contribution is 2.49. The topological polar surface area (TPSA) is 85.5 Å². The number of aromatic nitrogens is 4. The summed E-state index contributed by atoms with van der Waals surface area (Å²) in [4.78, 5) is 35.7. The van der Waals surface area contributed by atoms with E-state index in [1.54, 1.807) is 28.3 Å². The summed E-state index contributed by atoms with van der Waals surface area (Å²) < 4.78 is 39.6. The van der Waals surface area contributed by atoms with Gasteiger partial charge in [-0.2, -0.15) is 10.1 Å². The average molecular weight is 607 g/mol. The van der Waals surface area contributed by atoms with Crippen LogP contribution in [0.2, 0.25) is 0 Å². The second-order valence-corrected chi connectivity index (χ2v) is 13.2. The number of amides is 1. The van der Waals surface area contributed by atoms with E-state index in [9.17, 15) is 14.0 Å². The third kappa shape index (κ3) is 4.13. The van der Waals surface area contributed by atoms with Gasteiger partial charge in [-0.3, -0.25) is 14.0 Å². The maximum Gasteiger partial charge on any atom is 0.350 e. The fourth-order valence-electron chi connectivity index (χ4n) is 6.88. The molecule has 1 amide bonds. The molecule has 0 saturated carbocycles. The van der Waals surface area contributed by atoms with Crippen molar-refractivity contribution in [3.05, 3.63) is 58.7 Å². The molecule has 0 unspecified atom stereocenters. The molecular formula is C31H32F2N6O3S. The first-order valence-electron chi connectivity index (χ1n) is 14.3. The Balaban J connectivity index is 1.51. The number of halogens is 2.